The minimum absolute atomic E-state index is 0.104. The summed E-state index contributed by atoms with van der Waals surface area (Å²) in [5.41, 5.74) is 6.65. The lowest BCUT2D eigenvalue weighted by Crippen LogP contribution is -2.21. The van der Waals surface area contributed by atoms with Crippen molar-refractivity contribution in [2.75, 3.05) is 0 Å². The van der Waals surface area contributed by atoms with Gasteiger partial charge in [-0.2, -0.15) is 0 Å². The van der Waals surface area contributed by atoms with E-state index >= 15 is 0 Å². The summed E-state index contributed by atoms with van der Waals surface area (Å²) < 4.78 is 0. The van der Waals surface area contributed by atoms with Gasteiger partial charge in [-0.3, -0.25) is 9.59 Å². The van der Waals surface area contributed by atoms with Gasteiger partial charge in [-0.25, -0.2) is 0 Å². The van der Waals surface area contributed by atoms with Crippen LogP contribution in [0.15, 0.2) is 84.9 Å². The van der Waals surface area contributed by atoms with E-state index in [1.54, 1.807) is 12.2 Å². The van der Waals surface area contributed by atoms with Crippen molar-refractivity contribution in [3.05, 3.63) is 118 Å². The second-order valence-corrected chi connectivity index (χ2v) is 11.7. The number of carbonyl (C=O) groups excluding carboxylic acids is 2. The first-order valence-electron chi connectivity index (χ1n) is 13.1. The Kier molecular flexibility index (Phi) is 9.46. The highest BCUT2D eigenvalue weighted by molar-refractivity contribution is 5.92. The van der Waals surface area contributed by atoms with Crippen LogP contribution in [0.2, 0.25) is 0 Å². The number of rotatable bonds is 8. The third-order valence-electron chi connectivity index (χ3n) is 6.33. The molecule has 3 aromatic rings. The first-order valence-corrected chi connectivity index (χ1v) is 13.1. The summed E-state index contributed by atoms with van der Waals surface area (Å²) in [5.74, 6) is -0.298. The van der Waals surface area contributed by atoms with E-state index in [2.05, 4.69) is 76.4 Å². The van der Waals surface area contributed by atoms with Gasteiger partial charge >= 0.3 is 0 Å². The lowest BCUT2D eigenvalue weighted by atomic mass is 9.87. The van der Waals surface area contributed by atoms with E-state index in [1.807, 2.05) is 60.7 Å². The summed E-state index contributed by atoms with van der Waals surface area (Å²) >= 11 is 0. The molecule has 0 saturated heterocycles. The summed E-state index contributed by atoms with van der Waals surface area (Å²) in [7, 11) is 0. The number of carbonyl (C=O) groups is 2. The monoisotopic (exact) mass is 508 g/mol. The third kappa shape index (κ3) is 9.19. The van der Waals surface area contributed by atoms with Crippen LogP contribution >= 0.6 is 0 Å². The molecule has 0 saturated carbocycles. The average Bonchev–Trinajstić information content (AvgIpc) is 2.88. The first-order chi connectivity index (χ1) is 17.9. The van der Waals surface area contributed by atoms with Crippen LogP contribution in [0.3, 0.4) is 0 Å². The number of hydrogen-bond acceptors (Lipinski definition) is 2. The van der Waals surface area contributed by atoms with Gasteiger partial charge in [0.15, 0.2) is 0 Å². The molecule has 0 bridgehead atoms. The molecule has 3 rings (SSSR count). The van der Waals surface area contributed by atoms with Gasteiger partial charge < -0.3 is 10.6 Å². The van der Waals surface area contributed by atoms with Gasteiger partial charge in [0.2, 0.25) is 11.8 Å². The molecule has 0 spiro atoms. The van der Waals surface area contributed by atoms with E-state index in [9.17, 15) is 9.59 Å². The van der Waals surface area contributed by atoms with Crippen LogP contribution in [0.5, 0.6) is 0 Å². The molecule has 0 aliphatic rings. The number of benzene rings is 3. The predicted octanol–water partition coefficient (Wildman–Crippen LogP) is 6.94. The highest BCUT2D eigenvalue weighted by Crippen LogP contribution is 2.23. The van der Waals surface area contributed by atoms with Gasteiger partial charge in [0, 0.05) is 25.2 Å². The van der Waals surface area contributed by atoms with Crippen LogP contribution in [0, 0.1) is 0 Å². The van der Waals surface area contributed by atoms with E-state index in [0.717, 1.165) is 22.3 Å². The molecule has 0 heterocycles. The van der Waals surface area contributed by atoms with Crippen LogP contribution < -0.4 is 10.6 Å². The maximum atomic E-state index is 12.3. The van der Waals surface area contributed by atoms with Crippen LogP contribution in [0.1, 0.15) is 74.9 Å². The fourth-order valence-corrected chi connectivity index (χ4v) is 3.88. The highest BCUT2D eigenvalue weighted by Gasteiger charge is 2.13. The third-order valence-corrected chi connectivity index (χ3v) is 6.33. The second kappa shape index (κ2) is 12.6. The average molecular weight is 509 g/mol. The minimum atomic E-state index is -0.149. The highest BCUT2D eigenvalue weighted by atomic mass is 16.2. The van der Waals surface area contributed by atoms with E-state index in [1.165, 1.54) is 11.1 Å². The van der Waals surface area contributed by atoms with Crippen molar-refractivity contribution in [3.63, 3.8) is 0 Å². The number of hydrogen-bond donors (Lipinski definition) is 2. The van der Waals surface area contributed by atoms with Crippen molar-refractivity contribution >= 4 is 24.0 Å². The standard InChI is InChI=1S/C34H40N2O2/c1-33(2,3)29-16-10-25(11-17-29)14-20-31(37)35-23-27-8-7-9-28(22-27)24-36-32(38)21-15-26-12-18-30(19-13-26)34(4,5)6/h7-22H,23-24H2,1-6H3,(H,35,37)(H,36,38)/b20-14-,21-15+. The Balaban J connectivity index is 1.46. The molecule has 2 N–H and O–H groups in total. The topological polar surface area (TPSA) is 58.2 Å². The van der Waals surface area contributed by atoms with E-state index < -0.39 is 0 Å². The maximum Gasteiger partial charge on any atom is 0.244 e. The fraction of sp³-hybridized carbons (Fsp3) is 0.294. The summed E-state index contributed by atoms with van der Waals surface area (Å²) in [6.07, 6.45) is 6.75. The molecule has 38 heavy (non-hydrogen) atoms. The van der Waals surface area contributed by atoms with Crippen molar-refractivity contribution in [2.24, 2.45) is 0 Å². The van der Waals surface area contributed by atoms with Crippen LogP contribution in [-0.4, -0.2) is 11.8 Å². The van der Waals surface area contributed by atoms with Gasteiger partial charge in [0.25, 0.3) is 0 Å². The molecule has 0 unspecified atom stereocenters. The van der Waals surface area contributed by atoms with Crippen molar-refractivity contribution in [3.8, 4) is 0 Å². The van der Waals surface area contributed by atoms with Crippen LogP contribution in [0.25, 0.3) is 12.2 Å². The Morgan fingerprint density at radius 2 is 0.974 bits per heavy atom. The SMILES string of the molecule is CC(C)(C)c1ccc(/C=C\C(=O)NCc2cccc(CNC(=O)/C=C/c3ccc(C(C)(C)C)cc3)c2)cc1. The van der Waals surface area contributed by atoms with Gasteiger partial charge in [0.05, 0.1) is 0 Å². The van der Waals surface area contributed by atoms with E-state index in [4.69, 9.17) is 0 Å². The molecule has 0 fully saturated rings. The number of nitrogens with one attached hydrogen (secondary N) is 2. The van der Waals surface area contributed by atoms with Gasteiger partial charge in [-0.05, 0) is 56.4 Å². The molecule has 4 nitrogen and oxygen atoms in total. The van der Waals surface area contributed by atoms with Gasteiger partial charge in [0.1, 0.15) is 0 Å². The molecule has 3 aromatic carbocycles. The molecule has 4 heteroatoms. The quantitative estimate of drug-likeness (QED) is 0.324. The minimum Gasteiger partial charge on any atom is -0.348 e. The summed E-state index contributed by atoms with van der Waals surface area (Å²) in [6.45, 7) is 13.9. The van der Waals surface area contributed by atoms with Gasteiger partial charge in [-0.15, -0.1) is 0 Å². The van der Waals surface area contributed by atoms with Crippen molar-refractivity contribution in [1.29, 1.82) is 0 Å². The molecular weight excluding hydrogens is 468 g/mol. The maximum absolute atomic E-state index is 12.3. The van der Waals surface area contributed by atoms with Crippen molar-refractivity contribution in [1.82, 2.24) is 10.6 Å². The predicted molar refractivity (Wildman–Crippen MR) is 158 cm³/mol. The Morgan fingerprint density at radius 1 is 0.605 bits per heavy atom. The van der Waals surface area contributed by atoms with Crippen molar-refractivity contribution < 1.29 is 9.59 Å². The molecule has 0 radical (unpaired) electrons. The summed E-state index contributed by atoms with van der Waals surface area (Å²) in [4.78, 5) is 24.6. The smallest absolute Gasteiger partial charge is 0.244 e. The molecule has 0 aliphatic carbocycles. The first kappa shape index (κ1) is 28.6. The Bertz CT molecular complexity index is 1190. The molecule has 2 amide bonds. The second-order valence-electron chi connectivity index (χ2n) is 11.7. The Labute approximate surface area is 227 Å². The molecular formula is C34H40N2O2. The van der Waals surface area contributed by atoms with Crippen LogP contribution in [0.4, 0.5) is 0 Å². The molecule has 0 aromatic heterocycles. The molecule has 0 atom stereocenters. The summed E-state index contributed by atoms with van der Waals surface area (Å²) in [5, 5.41) is 5.85. The molecule has 198 valence electrons. The lowest BCUT2D eigenvalue weighted by Gasteiger charge is -2.18. The lowest BCUT2D eigenvalue weighted by molar-refractivity contribution is -0.117. The Morgan fingerprint density at radius 3 is 1.32 bits per heavy atom. The van der Waals surface area contributed by atoms with Crippen LogP contribution in [-0.2, 0) is 33.5 Å². The van der Waals surface area contributed by atoms with E-state index in [-0.39, 0.29) is 22.6 Å². The number of amides is 2. The van der Waals surface area contributed by atoms with Gasteiger partial charge in [-0.1, -0.05) is 114 Å². The van der Waals surface area contributed by atoms with E-state index in [0.29, 0.717) is 13.1 Å². The van der Waals surface area contributed by atoms with Crippen molar-refractivity contribution in [2.45, 2.75) is 65.5 Å². The zero-order valence-corrected chi connectivity index (χ0v) is 23.5. The summed E-state index contributed by atoms with van der Waals surface area (Å²) in [6, 6.07) is 24.4. The largest absolute Gasteiger partial charge is 0.348 e. The normalized spacial score (nSPS) is 12.2. The zero-order chi connectivity index (χ0) is 27.8. The molecule has 0 aliphatic heterocycles. The zero-order valence-electron chi connectivity index (χ0n) is 23.5. The fourth-order valence-electron chi connectivity index (χ4n) is 3.88. The Hall–Kier alpha value is -3.92.